The van der Waals surface area contributed by atoms with Crippen LogP contribution in [0.3, 0.4) is 0 Å². The molecule has 0 aliphatic rings. The van der Waals surface area contributed by atoms with Crippen LogP contribution in [0.4, 0.5) is 10.1 Å². The number of nitrogens with one attached hydrogen (secondary N) is 1. The van der Waals surface area contributed by atoms with E-state index in [4.69, 9.17) is 16.3 Å². The molecule has 2 aromatic carbocycles. The molecule has 2 heterocycles. The molecule has 4 aromatic rings. The van der Waals surface area contributed by atoms with Crippen LogP contribution in [0.2, 0.25) is 5.02 Å². The average molecular weight is 439 g/mol. The number of ether oxygens (including phenoxy) is 1. The molecule has 0 atom stereocenters. The third kappa shape index (κ3) is 4.36. The molecule has 0 saturated carbocycles. The summed E-state index contributed by atoms with van der Waals surface area (Å²) in [7, 11) is 0. The fourth-order valence-electron chi connectivity index (χ4n) is 3.38. The Morgan fingerprint density at radius 2 is 1.97 bits per heavy atom. The van der Waals surface area contributed by atoms with E-state index < -0.39 is 0 Å². The van der Waals surface area contributed by atoms with Gasteiger partial charge in [0.1, 0.15) is 5.82 Å². The van der Waals surface area contributed by atoms with Gasteiger partial charge < -0.3 is 10.1 Å². The van der Waals surface area contributed by atoms with E-state index in [1.165, 1.54) is 12.1 Å². The molecule has 0 aliphatic carbocycles. The molecule has 0 fully saturated rings. The van der Waals surface area contributed by atoms with Gasteiger partial charge in [-0.25, -0.2) is 9.07 Å². The maximum atomic E-state index is 13.7. The number of hydrogen-bond acceptors (Lipinski definition) is 4. The molecule has 0 bridgehead atoms. The largest absolute Gasteiger partial charge is 0.467 e. The molecule has 4 rings (SSSR count). The summed E-state index contributed by atoms with van der Waals surface area (Å²) in [6.07, 6.45) is 0. The zero-order valence-electron chi connectivity index (χ0n) is 17.2. The van der Waals surface area contributed by atoms with Crippen molar-refractivity contribution in [3.8, 4) is 11.6 Å². The molecular formula is C23H20ClFN4O2. The molecule has 2 aromatic heterocycles. The van der Waals surface area contributed by atoms with E-state index in [9.17, 15) is 9.18 Å². The quantitative estimate of drug-likeness (QED) is 0.467. The molecule has 1 amide bonds. The van der Waals surface area contributed by atoms with Gasteiger partial charge in [-0.15, -0.1) is 0 Å². The van der Waals surface area contributed by atoms with Crippen molar-refractivity contribution < 1.29 is 13.9 Å². The number of benzene rings is 2. The van der Waals surface area contributed by atoms with Gasteiger partial charge in [0.25, 0.3) is 5.91 Å². The Kier molecular flexibility index (Phi) is 5.61. The van der Waals surface area contributed by atoms with Gasteiger partial charge in [0, 0.05) is 11.5 Å². The standard InChI is InChI=1S/C23H20ClFN4O2/c1-13-7-8-19(18(24)9-13)26-20(30)12-31-21-10-14(2)22-15(3)28-29(23(22)27-21)17-6-4-5-16(25)11-17/h4-11H,12H2,1-3H3,(H,26,30). The maximum absolute atomic E-state index is 13.7. The van der Waals surface area contributed by atoms with Gasteiger partial charge in [0.15, 0.2) is 12.3 Å². The Morgan fingerprint density at radius 1 is 1.16 bits per heavy atom. The Balaban J connectivity index is 1.58. The summed E-state index contributed by atoms with van der Waals surface area (Å²) in [4.78, 5) is 16.8. The van der Waals surface area contributed by atoms with E-state index in [0.29, 0.717) is 22.0 Å². The van der Waals surface area contributed by atoms with Crippen molar-refractivity contribution in [3.63, 3.8) is 0 Å². The van der Waals surface area contributed by atoms with Crippen LogP contribution in [0.15, 0.2) is 48.5 Å². The van der Waals surface area contributed by atoms with Gasteiger partial charge >= 0.3 is 0 Å². The van der Waals surface area contributed by atoms with E-state index in [-0.39, 0.29) is 24.2 Å². The van der Waals surface area contributed by atoms with Crippen molar-refractivity contribution in [1.82, 2.24) is 14.8 Å². The molecular weight excluding hydrogens is 419 g/mol. The number of aromatic nitrogens is 3. The summed E-state index contributed by atoms with van der Waals surface area (Å²) in [5.41, 5.74) is 4.25. The minimum atomic E-state index is -0.366. The summed E-state index contributed by atoms with van der Waals surface area (Å²) in [5, 5.41) is 8.54. The van der Waals surface area contributed by atoms with Crippen molar-refractivity contribution in [3.05, 3.63) is 76.2 Å². The minimum Gasteiger partial charge on any atom is -0.467 e. The number of nitrogens with zero attached hydrogens (tertiary/aromatic N) is 3. The first-order valence-electron chi connectivity index (χ1n) is 9.63. The third-order valence-corrected chi connectivity index (χ3v) is 5.10. The van der Waals surface area contributed by atoms with Crippen LogP contribution in [0, 0.1) is 26.6 Å². The van der Waals surface area contributed by atoms with Crippen LogP contribution < -0.4 is 10.1 Å². The Labute approximate surface area is 183 Å². The second-order valence-corrected chi connectivity index (χ2v) is 7.68. The fraction of sp³-hybridized carbons (Fsp3) is 0.174. The van der Waals surface area contributed by atoms with Crippen LogP contribution in [0.25, 0.3) is 16.7 Å². The first kappa shape index (κ1) is 20.8. The minimum absolute atomic E-state index is 0.241. The first-order valence-corrected chi connectivity index (χ1v) is 10.0. The second-order valence-electron chi connectivity index (χ2n) is 7.27. The lowest BCUT2D eigenvalue weighted by Gasteiger charge is -2.10. The molecule has 31 heavy (non-hydrogen) atoms. The summed E-state index contributed by atoms with van der Waals surface area (Å²) in [6.45, 7) is 5.45. The number of carbonyl (C=O) groups excluding carboxylic acids is 1. The van der Waals surface area contributed by atoms with Crippen molar-refractivity contribution in [2.75, 3.05) is 11.9 Å². The van der Waals surface area contributed by atoms with Crippen molar-refractivity contribution in [2.45, 2.75) is 20.8 Å². The molecule has 1 N–H and O–H groups in total. The van der Waals surface area contributed by atoms with E-state index >= 15 is 0 Å². The lowest BCUT2D eigenvalue weighted by molar-refractivity contribution is -0.118. The Morgan fingerprint density at radius 3 is 2.71 bits per heavy atom. The van der Waals surface area contributed by atoms with Crippen LogP contribution in [-0.4, -0.2) is 27.3 Å². The Bertz CT molecular complexity index is 1300. The van der Waals surface area contributed by atoms with E-state index in [2.05, 4.69) is 15.4 Å². The van der Waals surface area contributed by atoms with Gasteiger partial charge in [-0.1, -0.05) is 23.7 Å². The number of halogens is 2. The third-order valence-electron chi connectivity index (χ3n) is 4.79. The highest BCUT2D eigenvalue weighted by atomic mass is 35.5. The number of pyridine rings is 1. The van der Waals surface area contributed by atoms with Gasteiger partial charge in [-0.2, -0.15) is 10.1 Å². The van der Waals surface area contributed by atoms with E-state index in [0.717, 1.165) is 22.2 Å². The van der Waals surface area contributed by atoms with Crippen LogP contribution in [0.5, 0.6) is 5.88 Å². The predicted molar refractivity (Wildman–Crippen MR) is 119 cm³/mol. The zero-order chi connectivity index (χ0) is 22.1. The number of fused-ring (bicyclic) bond motifs is 1. The fourth-order valence-corrected chi connectivity index (χ4v) is 3.67. The maximum Gasteiger partial charge on any atom is 0.262 e. The van der Waals surface area contributed by atoms with Gasteiger partial charge in [-0.05, 0) is 62.2 Å². The van der Waals surface area contributed by atoms with Crippen molar-refractivity contribution in [2.24, 2.45) is 0 Å². The van der Waals surface area contributed by atoms with Crippen LogP contribution in [0.1, 0.15) is 16.8 Å². The number of carbonyl (C=O) groups is 1. The zero-order valence-corrected chi connectivity index (χ0v) is 18.0. The van der Waals surface area contributed by atoms with Crippen LogP contribution >= 0.6 is 11.6 Å². The van der Waals surface area contributed by atoms with E-state index in [1.807, 2.05) is 26.8 Å². The van der Waals surface area contributed by atoms with Gasteiger partial charge in [0.2, 0.25) is 5.88 Å². The van der Waals surface area contributed by atoms with E-state index in [1.54, 1.807) is 35.0 Å². The van der Waals surface area contributed by atoms with Crippen LogP contribution in [-0.2, 0) is 4.79 Å². The van der Waals surface area contributed by atoms with Gasteiger partial charge in [0.05, 0.1) is 22.1 Å². The number of hydrogen-bond donors (Lipinski definition) is 1. The average Bonchev–Trinajstić information content (AvgIpc) is 3.05. The summed E-state index contributed by atoms with van der Waals surface area (Å²) in [5.74, 6) is -0.456. The first-order chi connectivity index (χ1) is 14.8. The summed E-state index contributed by atoms with van der Waals surface area (Å²) >= 11 is 6.16. The highest BCUT2D eigenvalue weighted by molar-refractivity contribution is 6.33. The topological polar surface area (TPSA) is 69.0 Å². The highest BCUT2D eigenvalue weighted by Crippen LogP contribution is 2.27. The molecule has 0 radical (unpaired) electrons. The Hall–Kier alpha value is -3.45. The SMILES string of the molecule is Cc1ccc(NC(=O)COc2cc(C)c3c(C)nn(-c4cccc(F)c4)c3n2)c(Cl)c1. The molecule has 158 valence electrons. The van der Waals surface area contributed by atoms with Gasteiger partial charge in [-0.3, -0.25) is 4.79 Å². The second kappa shape index (κ2) is 8.35. The molecule has 0 spiro atoms. The molecule has 0 aliphatic heterocycles. The number of rotatable bonds is 5. The smallest absolute Gasteiger partial charge is 0.262 e. The number of amides is 1. The highest BCUT2D eigenvalue weighted by Gasteiger charge is 2.16. The lowest BCUT2D eigenvalue weighted by Crippen LogP contribution is -2.20. The molecule has 0 saturated heterocycles. The molecule has 0 unspecified atom stereocenters. The summed E-state index contributed by atoms with van der Waals surface area (Å²) in [6, 6.07) is 13.2. The summed E-state index contributed by atoms with van der Waals surface area (Å²) < 4.78 is 20.9. The lowest BCUT2D eigenvalue weighted by atomic mass is 10.2. The van der Waals surface area contributed by atoms with Crippen molar-refractivity contribution >= 4 is 34.2 Å². The molecule has 8 heteroatoms. The van der Waals surface area contributed by atoms with Crippen molar-refractivity contribution in [1.29, 1.82) is 0 Å². The predicted octanol–water partition coefficient (Wildman–Crippen LogP) is 5.16. The number of aryl methyl sites for hydroxylation is 3. The monoisotopic (exact) mass is 438 g/mol. The molecule has 6 nitrogen and oxygen atoms in total. The normalized spacial score (nSPS) is 11.0. The number of anilines is 1.